The van der Waals surface area contributed by atoms with Gasteiger partial charge in [0.25, 0.3) is 5.91 Å². The molecule has 2 aromatic rings. The van der Waals surface area contributed by atoms with Crippen molar-refractivity contribution >= 4 is 58.6 Å². The Kier molecular flexibility index (Phi) is 7.18. The number of ether oxygens (including phenoxy) is 1. The second-order valence-corrected chi connectivity index (χ2v) is 7.01. The first-order chi connectivity index (χ1) is 12.8. The van der Waals surface area contributed by atoms with E-state index in [1.807, 2.05) is 0 Å². The molecule has 2 amide bonds. The third-order valence-corrected chi connectivity index (χ3v) is 5.32. The molecule has 0 aliphatic carbocycles. The Morgan fingerprint density at radius 1 is 1.22 bits per heavy atom. The number of halogens is 2. The summed E-state index contributed by atoms with van der Waals surface area (Å²) < 4.78 is 10.2. The normalized spacial score (nSPS) is 10.5. The van der Waals surface area contributed by atoms with E-state index in [4.69, 9.17) is 38.1 Å². The van der Waals surface area contributed by atoms with E-state index in [-0.39, 0.29) is 35.1 Å². The molecule has 0 atom stereocenters. The number of thioether (sulfide) groups is 1. The molecule has 0 saturated carbocycles. The summed E-state index contributed by atoms with van der Waals surface area (Å²) in [6, 6.07) is 5.00. The van der Waals surface area contributed by atoms with Crippen molar-refractivity contribution in [3.05, 3.63) is 45.1 Å². The molecule has 0 saturated heterocycles. The molecule has 0 bridgehead atoms. The van der Waals surface area contributed by atoms with E-state index in [1.54, 1.807) is 25.1 Å². The lowest BCUT2D eigenvalue weighted by atomic mass is 10.1. The topological polar surface area (TPSA) is 112 Å². The van der Waals surface area contributed by atoms with Crippen LogP contribution in [0.3, 0.4) is 0 Å². The molecule has 0 aliphatic rings. The third kappa shape index (κ3) is 4.97. The van der Waals surface area contributed by atoms with E-state index in [9.17, 15) is 14.4 Å². The Hall–Kier alpha value is -2.16. The highest BCUT2D eigenvalue weighted by atomic mass is 35.5. The van der Waals surface area contributed by atoms with Crippen LogP contribution in [0.4, 0.5) is 5.88 Å². The van der Waals surface area contributed by atoms with E-state index in [1.165, 1.54) is 6.92 Å². The number of rotatable bonds is 7. The van der Waals surface area contributed by atoms with Gasteiger partial charge in [-0.05, 0) is 26.0 Å². The number of esters is 1. The van der Waals surface area contributed by atoms with E-state index in [2.05, 4.69) is 5.32 Å². The summed E-state index contributed by atoms with van der Waals surface area (Å²) in [5.74, 6) is -2.34. The Bertz CT molecular complexity index is 877. The maximum absolute atomic E-state index is 12.3. The highest BCUT2D eigenvalue weighted by molar-refractivity contribution is 8.00. The number of nitrogens with two attached hydrogens (primary N) is 1. The molecule has 144 valence electrons. The van der Waals surface area contributed by atoms with E-state index < -0.39 is 17.8 Å². The Labute approximate surface area is 169 Å². The van der Waals surface area contributed by atoms with Gasteiger partial charge in [0, 0.05) is 4.90 Å². The third-order valence-electron chi connectivity index (χ3n) is 3.33. The minimum absolute atomic E-state index is 0.0594. The predicted octanol–water partition coefficient (Wildman–Crippen LogP) is 3.90. The highest BCUT2D eigenvalue weighted by Crippen LogP contribution is 2.34. The van der Waals surface area contributed by atoms with Crippen LogP contribution < -0.4 is 11.1 Å². The van der Waals surface area contributed by atoms with Crippen molar-refractivity contribution in [3.8, 4) is 0 Å². The van der Waals surface area contributed by atoms with Crippen LogP contribution in [0.15, 0.2) is 27.5 Å². The van der Waals surface area contributed by atoms with E-state index in [0.29, 0.717) is 14.9 Å². The lowest BCUT2D eigenvalue weighted by Crippen LogP contribution is -2.21. The highest BCUT2D eigenvalue weighted by Gasteiger charge is 2.29. The number of primary amides is 1. The molecule has 0 aliphatic heterocycles. The molecular weight excluding hydrogens is 415 g/mol. The van der Waals surface area contributed by atoms with Crippen LogP contribution >= 0.6 is 35.0 Å². The second kappa shape index (κ2) is 9.16. The SMILES string of the molecule is CCOC(=O)c1c(C)oc(NC(=O)CSc2c(Cl)cccc2Cl)c1C(N)=O. The number of carbonyl (C=O) groups is 3. The standard InChI is InChI=1S/C17H16Cl2N2O5S/c1-3-25-17(24)12-8(2)26-16(13(12)15(20)23)21-11(22)7-27-14-9(18)5-4-6-10(14)19/h4-6H,3,7H2,1-2H3,(H2,20,23)(H,21,22). The van der Waals surface area contributed by atoms with Crippen LogP contribution in [-0.2, 0) is 9.53 Å². The maximum atomic E-state index is 12.3. The van der Waals surface area contributed by atoms with Gasteiger partial charge in [0.15, 0.2) is 0 Å². The van der Waals surface area contributed by atoms with Crippen LogP contribution in [-0.4, -0.2) is 30.1 Å². The van der Waals surface area contributed by atoms with E-state index in [0.717, 1.165) is 11.8 Å². The minimum atomic E-state index is -0.924. The summed E-state index contributed by atoms with van der Waals surface area (Å²) >= 11 is 13.2. The van der Waals surface area contributed by atoms with Gasteiger partial charge in [-0.15, -0.1) is 11.8 Å². The van der Waals surface area contributed by atoms with Crippen molar-refractivity contribution in [3.63, 3.8) is 0 Å². The van der Waals surface area contributed by atoms with Crippen LogP contribution in [0.25, 0.3) is 0 Å². The van der Waals surface area contributed by atoms with Gasteiger partial charge in [0.2, 0.25) is 11.8 Å². The van der Waals surface area contributed by atoms with Gasteiger partial charge in [-0.1, -0.05) is 29.3 Å². The predicted molar refractivity (Wildman–Crippen MR) is 104 cm³/mol. The fraction of sp³-hybridized carbons (Fsp3) is 0.235. The summed E-state index contributed by atoms with van der Waals surface area (Å²) in [6.45, 7) is 3.20. The maximum Gasteiger partial charge on any atom is 0.342 e. The van der Waals surface area contributed by atoms with Crippen LogP contribution in [0.1, 0.15) is 33.4 Å². The smallest absolute Gasteiger partial charge is 0.342 e. The Balaban J connectivity index is 2.19. The van der Waals surface area contributed by atoms with Gasteiger partial charge >= 0.3 is 5.97 Å². The van der Waals surface area contributed by atoms with Gasteiger partial charge in [0.1, 0.15) is 16.9 Å². The first-order valence-corrected chi connectivity index (χ1v) is 9.47. The molecule has 0 spiro atoms. The van der Waals surface area contributed by atoms with Gasteiger partial charge in [-0.2, -0.15) is 0 Å². The molecule has 0 radical (unpaired) electrons. The zero-order valence-electron chi connectivity index (χ0n) is 14.4. The number of aryl methyl sites for hydroxylation is 1. The second-order valence-electron chi connectivity index (χ2n) is 5.21. The largest absolute Gasteiger partial charge is 0.462 e. The first kappa shape index (κ1) is 21.1. The summed E-state index contributed by atoms with van der Waals surface area (Å²) in [5.41, 5.74) is 5.00. The summed E-state index contributed by atoms with van der Waals surface area (Å²) in [5, 5.41) is 3.27. The molecule has 7 nitrogen and oxygen atoms in total. The van der Waals surface area contributed by atoms with Gasteiger partial charge in [0.05, 0.1) is 22.4 Å². The lowest BCUT2D eigenvalue weighted by Gasteiger charge is -2.07. The number of hydrogen-bond donors (Lipinski definition) is 2. The molecular formula is C17H16Cl2N2O5S. The quantitative estimate of drug-likeness (QED) is 0.508. The molecule has 10 heteroatoms. The zero-order chi connectivity index (χ0) is 20.1. The van der Waals surface area contributed by atoms with E-state index >= 15 is 0 Å². The van der Waals surface area contributed by atoms with Crippen LogP contribution in [0.5, 0.6) is 0 Å². The van der Waals surface area contributed by atoms with Crippen molar-refractivity contribution in [1.82, 2.24) is 0 Å². The first-order valence-electron chi connectivity index (χ1n) is 7.73. The van der Waals surface area contributed by atoms with Crippen LogP contribution in [0, 0.1) is 6.92 Å². The number of furan rings is 1. The molecule has 1 aromatic heterocycles. The molecule has 2 rings (SSSR count). The van der Waals surface area contributed by atoms with Crippen molar-refractivity contribution in [2.45, 2.75) is 18.7 Å². The molecule has 3 N–H and O–H groups in total. The molecule has 0 unspecified atom stereocenters. The summed E-state index contributed by atoms with van der Waals surface area (Å²) in [6.07, 6.45) is 0. The van der Waals surface area contributed by atoms with Crippen molar-refractivity contribution in [2.75, 3.05) is 17.7 Å². The number of hydrogen-bond acceptors (Lipinski definition) is 6. The molecule has 1 heterocycles. The van der Waals surface area contributed by atoms with Gasteiger partial charge < -0.3 is 14.9 Å². The lowest BCUT2D eigenvalue weighted by molar-refractivity contribution is -0.113. The van der Waals surface area contributed by atoms with Crippen molar-refractivity contribution < 1.29 is 23.5 Å². The van der Waals surface area contributed by atoms with Gasteiger partial charge in [-0.3, -0.25) is 14.9 Å². The number of anilines is 1. The average Bonchev–Trinajstić information content (AvgIpc) is 2.90. The Morgan fingerprint density at radius 2 is 1.85 bits per heavy atom. The summed E-state index contributed by atoms with van der Waals surface area (Å²) in [7, 11) is 0. The zero-order valence-corrected chi connectivity index (χ0v) is 16.8. The van der Waals surface area contributed by atoms with Crippen molar-refractivity contribution in [1.29, 1.82) is 0 Å². The molecule has 1 aromatic carbocycles. The molecule has 0 fully saturated rings. The number of amides is 2. The Morgan fingerprint density at radius 3 is 2.41 bits per heavy atom. The minimum Gasteiger partial charge on any atom is -0.462 e. The fourth-order valence-corrected chi connectivity index (χ4v) is 3.72. The van der Waals surface area contributed by atoms with Crippen LogP contribution in [0.2, 0.25) is 10.0 Å². The number of nitrogens with one attached hydrogen (secondary N) is 1. The van der Waals surface area contributed by atoms with Gasteiger partial charge in [-0.25, -0.2) is 4.79 Å². The number of benzene rings is 1. The molecule has 27 heavy (non-hydrogen) atoms. The number of carbonyl (C=O) groups excluding carboxylic acids is 3. The monoisotopic (exact) mass is 430 g/mol. The summed E-state index contributed by atoms with van der Waals surface area (Å²) in [4.78, 5) is 36.6. The fourth-order valence-electron chi connectivity index (χ4n) is 2.24. The van der Waals surface area contributed by atoms with Crippen molar-refractivity contribution in [2.24, 2.45) is 5.73 Å². The average molecular weight is 431 g/mol.